The maximum absolute atomic E-state index is 13.3. The Morgan fingerprint density at radius 3 is 2.15 bits per heavy atom. The third-order valence-corrected chi connectivity index (χ3v) is 3.53. The van der Waals surface area contributed by atoms with E-state index in [1.54, 1.807) is 0 Å². The number of rotatable bonds is 6. The van der Waals surface area contributed by atoms with Crippen molar-refractivity contribution in [1.82, 2.24) is 0 Å². The fourth-order valence-electron chi connectivity index (χ4n) is 1.50. The first kappa shape index (κ1) is 21.5. The highest BCUT2D eigenvalue weighted by Crippen LogP contribution is 2.38. The van der Waals surface area contributed by atoms with Gasteiger partial charge in [0, 0.05) is 6.08 Å². The second-order valence-electron chi connectivity index (χ2n) is 4.46. The summed E-state index contributed by atoms with van der Waals surface area (Å²) in [7, 11) is -6.82. The molecule has 0 heterocycles. The molecule has 0 fully saturated rings. The quantitative estimate of drug-likeness (QED) is 0.235. The average Bonchev–Trinajstić information content (AvgIpc) is 2.50. The number of alkyl halides is 5. The number of para-hydroxylation sites is 1. The van der Waals surface area contributed by atoms with Gasteiger partial charge in [-0.2, -0.15) is 22.0 Å². The fraction of sp³-hybridized carbons (Fsp3) is 0.231. The summed E-state index contributed by atoms with van der Waals surface area (Å²) in [5.74, 6) is -3.91. The molecule has 26 heavy (non-hydrogen) atoms. The molecule has 0 amide bonds. The number of hydrogen-bond acceptors (Lipinski definition) is 7. The van der Waals surface area contributed by atoms with Gasteiger partial charge in [-0.25, -0.2) is 18.0 Å². The number of hydrogen-bond donors (Lipinski definition) is 0. The van der Waals surface area contributed by atoms with Crippen molar-refractivity contribution in [3.05, 3.63) is 42.5 Å². The molecule has 1 aromatic rings. The third kappa shape index (κ3) is 4.76. The molecule has 0 aliphatic heterocycles. The van der Waals surface area contributed by atoms with Gasteiger partial charge in [-0.15, -0.1) is 0 Å². The summed E-state index contributed by atoms with van der Waals surface area (Å²) < 4.78 is 104. The Morgan fingerprint density at radius 2 is 1.69 bits per heavy atom. The minimum atomic E-state index is -6.82. The highest BCUT2D eigenvalue weighted by molar-refractivity contribution is 7.86. The number of benzene rings is 1. The van der Waals surface area contributed by atoms with E-state index >= 15 is 0 Å². The second-order valence-corrected chi connectivity index (χ2v) is 5.92. The summed E-state index contributed by atoms with van der Waals surface area (Å²) in [6.45, 7) is 3.03. The summed E-state index contributed by atoms with van der Waals surface area (Å²) in [4.78, 5) is 22.9. The van der Waals surface area contributed by atoms with E-state index in [9.17, 15) is 44.5 Å². The smallest absolute Gasteiger partial charge is 0.432 e. The van der Waals surface area contributed by atoms with Crippen LogP contribution in [0.1, 0.15) is 10.4 Å². The summed E-state index contributed by atoms with van der Waals surface area (Å²) in [6.07, 6.45) is -10.0. The SMILES string of the molecule is C=CC(=O)Oc1ccccc1C(=O)OC(C(F)(F)F)C(F)(F)S(=O)(=O)[O-]. The Morgan fingerprint density at radius 1 is 1.15 bits per heavy atom. The van der Waals surface area contributed by atoms with Crippen molar-refractivity contribution in [2.75, 3.05) is 0 Å². The summed E-state index contributed by atoms with van der Waals surface area (Å²) >= 11 is 0. The lowest BCUT2D eigenvalue weighted by atomic mass is 10.2. The van der Waals surface area contributed by atoms with E-state index in [1.165, 1.54) is 6.07 Å². The lowest BCUT2D eigenvalue weighted by molar-refractivity contribution is -0.248. The van der Waals surface area contributed by atoms with Crippen LogP contribution < -0.4 is 4.74 Å². The van der Waals surface area contributed by atoms with Crippen LogP contribution in [-0.4, -0.2) is 42.4 Å². The fourth-order valence-corrected chi connectivity index (χ4v) is 1.95. The summed E-state index contributed by atoms with van der Waals surface area (Å²) in [6, 6.07) is 3.92. The van der Waals surface area contributed by atoms with Crippen LogP contribution >= 0.6 is 0 Å². The van der Waals surface area contributed by atoms with Crippen molar-refractivity contribution >= 4 is 22.1 Å². The zero-order valence-electron chi connectivity index (χ0n) is 12.3. The van der Waals surface area contributed by atoms with E-state index in [4.69, 9.17) is 0 Å². The van der Waals surface area contributed by atoms with Crippen LogP contribution in [0.5, 0.6) is 5.75 Å². The zero-order chi connectivity index (χ0) is 20.3. The van der Waals surface area contributed by atoms with E-state index in [-0.39, 0.29) is 0 Å². The lowest BCUT2D eigenvalue weighted by Gasteiger charge is -2.29. The van der Waals surface area contributed by atoms with Gasteiger partial charge in [0.2, 0.25) is 0 Å². The first-order valence-electron chi connectivity index (χ1n) is 6.26. The molecule has 0 aliphatic rings. The third-order valence-electron chi connectivity index (χ3n) is 2.64. The predicted molar refractivity (Wildman–Crippen MR) is 72.2 cm³/mol. The van der Waals surface area contributed by atoms with Crippen molar-refractivity contribution in [1.29, 1.82) is 0 Å². The average molecular weight is 403 g/mol. The molecule has 0 bridgehead atoms. The second kappa shape index (κ2) is 7.37. The van der Waals surface area contributed by atoms with Crippen LogP contribution in [0.3, 0.4) is 0 Å². The Labute approximate surface area is 142 Å². The minimum absolute atomic E-state index is 0.638. The molecule has 1 unspecified atom stereocenters. The number of carbonyl (C=O) groups excluding carboxylic acids is 2. The number of esters is 2. The predicted octanol–water partition coefficient (Wildman–Crippen LogP) is 2.00. The van der Waals surface area contributed by atoms with Crippen LogP contribution in [0.25, 0.3) is 0 Å². The summed E-state index contributed by atoms with van der Waals surface area (Å²) in [5, 5.41) is -5.99. The van der Waals surface area contributed by atoms with E-state index in [0.29, 0.717) is 6.08 Å². The van der Waals surface area contributed by atoms with E-state index in [2.05, 4.69) is 16.1 Å². The molecule has 13 heteroatoms. The standard InChI is InChI=1S/C13H9F5O7S/c1-2-9(19)24-8-6-4-3-5-7(8)10(20)25-11(12(14,15)16)13(17,18)26(21,22)23/h2-6,11H,1H2,(H,21,22,23)/p-1. The van der Waals surface area contributed by atoms with E-state index in [0.717, 1.165) is 18.2 Å². The van der Waals surface area contributed by atoms with Gasteiger partial charge in [0.25, 0.3) is 6.10 Å². The molecule has 0 saturated heterocycles. The molecule has 0 aromatic heterocycles. The van der Waals surface area contributed by atoms with Crippen molar-refractivity contribution in [3.63, 3.8) is 0 Å². The molecule has 1 rings (SSSR count). The molecule has 1 atom stereocenters. The largest absolute Gasteiger partial charge is 0.743 e. The first-order chi connectivity index (χ1) is 11.7. The maximum Gasteiger partial charge on any atom is 0.432 e. The van der Waals surface area contributed by atoms with Crippen LogP contribution in [0.2, 0.25) is 0 Å². The van der Waals surface area contributed by atoms with Crippen LogP contribution in [0.15, 0.2) is 36.9 Å². The van der Waals surface area contributed by atoms with Gasteiger partial charge in [0.15, 0.2) is 10.1 Å². The Balaban J connectivity index is 3.29. The Kier molecular flexibility index (Phi) is 6.10. The van der Waals surface area contributed by atoms with Crippen molar-refractivity contribution < 1.29 is 54.0 Å². The Bertz CT molecular complexity index is 816. The topological polar surface area (TPSA) is 110 Å². The van der Waals surface area contributed by atoms with Crippen molar-refractivity contribution in [3.8, 4) is 5.75 Å². The van der Waals surface area contributed by atoms with Crippen LogP contribution in [0.4, 0.5) is 22.0 Å². The van der Waals surface area contributed by atoms with Gasteiger partial charge in [-0.1, -0.05) is 18.7 Å². The monoisotopic (exact) mass is 403 g/mol. The first-order valence-corrected chi connectivity index (χ1v) is 7.67. The molecule has 1 aromatic carbocycles. The molecule has 7 nitrogen and oxygen atoms in total. The molecular weight excluding hydrogens is 395 g/mol. The van der Waals surface area contributed by atoms with Crippen LogP contribution in [0, 0.1) is 0 Å². The molecule has 144 valence electrons. The van der Waals surface area contributed by atoms with E-state index in [1.807, 2.05) is 0 Å². The van der Waals surface area contributed by atoms with E-state index < -0.39 is 50.9 Å². The highest BCUT2D eigenvalue weighted by atomic mass is 32.2. The minimum Gasteiger partial charge on any atom is -0.743 e. The number of carbonyl (C=O) groups is 2. The summed E-state index contributed by atoms with van der Waals surface area (Å²) in [5.41, 5.74) is -0.906. The number of halogens is 5. The van der Waals surface area contributed by atoms with Gasteiger partial charge < -0.3 is 14.0 Å². The lowest BCUT2D eigenvalue weighted by Crippen LogP contribution is -2.52. The normalized spacial score (nSPS) is 13.6. The zero-order valence-corrected chi connectivity index (χ0v) is 13.1. The Hall–Kier alpha value is -2.54. The van der Waals surface area contributed by atoms with Crippen molar-refractivity contribution in [2.45, 2.75) is 17.5 Å². The van der Waals surface area contributed by atoms with Gasteiger partial charge in [0.1, 0.15) is 11.3 Å². The van der Waals surface area contributed by atoms with Crippen molar-refractivity contribution in [2.24, 2.45) is 0 Å². The molecule has 0 spiro atoms. The molecule has 0 saturated carbocycles. The molecule has 0 radical (unpaired) electrons. The highest BCUT2D eigenvalue weighted by Gasteiger charge is 2.63. The van der Waals surface area contributed by atoms with Gasteiger partial charge >= 0.3 is 23.4 Å². The van der Waals surface area contributed by atoms with Gasteiger partial charge in [-0.05, 0) is 12.1 Å². The molecule has 0 aliphatic carbocycles. The van der Waals surface area contributed by atoms with Gasteiger partial charge in [-0.3, -0.25) is 0 Å². The van der Waals surface area contributed by atoms with Gasteiger partial charge in [0.05, 0.1) is 0 Å². The van der Waals surface area contributed by atoms with Crippen LogP contribution in [-0.2, 0) is 19.6 Å². The molecule has 0 N–H and O–H groups in total. The molecular formula is C13H8F5O7S-. The number of ether oxygens (including phenoxy) is 2. The maximum atomic E-state index is 13.3.